The average molecular weight is 604 g/mol. The molecule has 0 unspecified atom stereocenters. The predicted octanol–water partition coefficient (Wildman–Crippen LogP) is 12.3. The van der Waals surface area contributed by atoms with Crippen molar-refractivity contribution in [2.45, 2.75) is 157 Å². The van der Waals surface area contributed by atoms with Crippen LogP contribution in [0.25, 0.3) is 0 Å². The Bertz CT molecular complexity index is 1040. The predicted molar refractivity (Wildman–Crippen MR) is 181 cm³/mol. The molecular weight excluding hydrogens is 543 g/mol. The second kappa shape index (κ2) is 22.8. The Morgan fingerprint density at radius 3 is 1.20 bits per heavy atom. The first-order valence-corrected chi connectivity index (χ1v) is 17.0. The van der Waals surface area contributed by atoms with Gasteiger partial charge in [-0.25, -0.2) is 0 Å². The molecule has 0 atom stereocenters. The minimum absolute atomic E-state index is 0. The molecule has 0 saturated heterocycles. The van der Waals surface area contributed by atoms with Gasteiger partial charge in [-0.3, -0.25) is 9.98 Å². The van der Waals surface area contributed by atoms with Gasteiger partial charge in [0.1, 0.15) is 0 Å². The first kappa shape index (κ1) is 37.3. The summed E-state index contributed by atoms with van der Waals surface area (Å²) in [5.74, 6) is 0. The fraction of sp³-hybridized carbons (Fsp3) is 0.632. The summed E-state index contributed by atoms with van der Waals surface area (Å²) >= 11 is 0. The maximum Gasteiger partial charge on any atom is 0.0636 e. The minimum atomic E-state index is 0. The Kier molecular flexibility index (Phi) is 20.8. The summed E-state index contributed by atoms with van der Waals surface area (Å²) in [6.45, 7) is 13.6. The molecule has 0 saturated carbocycles. The molecule has 0 radical (unpaired) electrons. The molecule has 0 bridgehead atoms. The van der Waals surface area contributed by atoms with Gasteiger partial charge in [0, 0.05) is 16.5 Å². The minimum Gasteiger partial charge on any atom is -0.252 e. The van der Waals surface area contributed by atoms with Crippen LogP contribution in [0.5, 0.6) is 0 Å². The number of hydrogen-bond acceptors (Lipinski definition) is 2. The normalized spacial score (nSPS) is 12.0. The van der Waals surface area contributed by atoms with E-state index in [0.717, 1.165) is 56.3 Å². The SMILES string of the molecule is CCCCCCCCCCCCC(=Nc1ccc(CC)c(CC)c1)C(CCCC)=Nc1ccc(CC)c(CC)c1.[Ni]. The number of rotatable bonds is 21. The van der Waals surface area contributed by atoms with E-state index in [4.69, 9.17) is 9.98 Å². The molecular formula is C38H60N2Ni. The second-order valence-corrected chi connectivity index (χ2v) is 11.5. The van der Waals surface area contributed by atoms with Gasteiger partial charge in [0.2, 0.25) is 0 Å². The molecule has 0 aliphatic rings. The average Bonchev–Trinajstić information content (AvgIpc) is 2.99. The van der Waals surface area contributed by atoms with Crippen LogP contribution in [0.15, 0.2) is 46.4 Å². The summed E-state index contributed by atoms with van der Waals surface area (Å²) in [5.41, 5.74) is 10.3. The maximum absolute atomic E-state index is 5.33. The van der Waals surface area contributed by atoms with Crippen molar-refractivity contribution >= 4 is 22.8 Å². The third-order valence-electron chi connectivity index (χ3n) is 8.30. The monoisotopic (exact) mass is 602 g/mol. The first-order valence-electron chi connectivity index (χ1n) is 17.0. The quantitative estimate of drug-likeness (QED) is 0.0770. The van der Waals surface area contributed by atoms with Gasteiger partial charge < -0.3 is 0 Å². The van der Waals surface area contributed by atoms with Crippen molar-refractivity contribution in [3.8, 4) is 0 Å². The summed E-state index contributed by atoms with van der Waals surface area (Å²) in [6.07, 6.45) is 22.2. The van der Waals surface area contributed by atoms with Crippen molar-refractivity contribution in [2.24, 2.45) is 9.98 Å². The van der Waals surface area contributed by atoms with Crippen LogP contribution >= 0.6 is 0 Å². The van der Waals surface area contributed by atoms with Gasteiger partial charge in [-0.2, -0.15) is 0 Å². The van der Waals surface area contributed by atoms with Gasteiger partial charge in [0.05, 0.1) is 22.8 Å². The van der Waals surface area contributed by atoms with Crippen LogP contribution in [0.2, 0.25) is 0 Å². The Morgan fingerprint density at radius 2 is 0.805 bits per heavy atom. The molecule has 0 heterocycles. The van der Waals surface area contributed by atoms with Gasteiger partial charge in [-0.15, -0.1) is 0 Å². The molecule has 2 nitrogen and oxygen atoms in total. The Labute approximate surface area is 264 Å². The molecule has 0 N–H and O–H groups in total. The van der Waals surface area contributed by atoms with Gasteiger partial charge in [0.25, 0.3) is 0 Å². The number of hydrogen-bond donors (Lipinski definition) is 0. The molecule has 0 aromatic heterocycles. The zero-order chi connectivity index (χ0) is 29.0. The van der Waals surface area contributed by atoms with Crippen molar-refractivity contribution in [3.63, 3.8) is 0 Å². The van der Waals surface area contributed by atoms with Crippen molar-refractivity contribution in [1.29, 1.82) is 0 Å². The van der Waals surface area contributed by atoms with Crippen molar-refractivity contribution < 1.29 is 16.5 Å². The van der Waals surface area contributed by atoms with E-state index in [2.05, 4.69) is 77.9 Å². The van der Waals surface area contributed by atoms with Crippen LogP contribution in [0.1, 0.15) is 154 Å². The van der Waals surface area contributed by atoms with E-state index in [9.17, 15) is 0 Å². The number of nitrogens with zero attached hydrogens (tertiary/aromatic N) is 2. The molecule has 2 rings (SSSR count). The Hall–Kier alpha value is -1.73. The van der Waals surface area contributed by atoms with E-state index < -0.39 is 0 Å². The molecule has 3 heteroatoms. The summed E-state index contributed by atoms with van der Waals surface area (Å²) in [6, 6.07) is 13.6. The van der Waals surface area contributed by atoms with Crippen molar-refractivity contribution in [1.82, 2.24) is 0 Å². The summed E-state index contributed by atoms with van der Waals surface area (Å²) < 4.78 is 0. The van der Waals surface area contributed by atoms with E-state index in [-0.39, 0.29) is 16.5 Å². The van der Waals surface area contributed by atoms with E-state index in [1.807, 2.05) is 0 Å². The van der Waals surface area contributed by atoms with E-state index in [1.54, 1.807) is 0 Å². The molecule has 0 aliphatic carbocycles. The van der Waals surface area contributed by atoms with Crippen LogP contribution < -0.4 is 0 Å². The largest absolute Gasteiger partial charge is 0.252 e. The van der Waals surface area contributed by atoms with Crippen LogP contribution in [0.3, 0.4) is 0 Å². The number of aryl methyl sites for hydroxylation is 4. The zero-order valence-corrected chi connectivity index (χ0v) is 28.4. The van der Waals surface area contributed by atoms with Gasteiger partial charge in [0.15, 0.2) is 0 Å². The Balaban J connectivity index is 0.00000840. The third kappa shape index (κ3) is 13.9. The van der Waals surface area contributed by atoms with Crippen molar-refractivity contribution in [3.05, 3.63) is 58.7 Å². The standard InChI is InChI=1S/C38H60N2.Ni/c1-7-13-15-16-17-18-19-20-21-22-24-38(40-36-28-26-32(10-4)34(12-6)30-36)37(23-14-8-2)39-35-27-25-31(9-3)33(11-5)29-35;/h25-30H,7-24H2,1-6H3;. The molecule has 0 amide bonds. The van der Waals surface area contributed by atoms with Gasteiger partial charge in [-0.1, -0.05) is 118 Å². The fourth-order valence-corrected chi connectivity index (χ4v) is 5.68. The van der Waals surface area contributed by atoms with Gasteiger partial charge in [-0.05, 0) is 97.9 Å². The number of benzene rings is 2. The van der Waals surface area contributed by atoms with Crippen LogP contribution in [-0.4, -0.2) is 11.4 Å². The fourth-order valence-electron chi connectivity index (χ4n) is 5.68. The van der Waals surface area contributed by atoms with Crippen LogP contribution in [-0.2, 0) is 42.2 Å². The van der Waals surface area contributed by atoms with E-state index >= 15 is 0 Å². The first-order chi connectivity index (χ1) is 19.6. The third-order valence-corrected chi connectivity index (χ3v) is 8.30. The maximum atomic E-state index is 5.33. The molecule has 41 heavy (non-hydrogen) atoms. The molecule has 2 aromatic rings. The molecule has 232 valence electrons. The number of unbranched alkanes of at least 4 members (excludes halogenated alkanes) is 10. The summed E-state index contributed by atoms with van der Waals surface area (Å²) in [5, 5.41) is 0. The van der Waals surface area contributed by atoms with E-state index in [0.29, 0.717) is 0 Å². The van der Waals surface area contributed by atoms with Crippen LogP contribution in [0.4, 0.5) is 11.4 Å². The molecule has 0 fully saturated rings. The van der Waals surface area contributed by atoms with E-state index in [1.165, 1.54) is 104 Å². The van der Waals surface area contributed by atoms with Crippen molar-refractivity contribution in [2.75, 3.05) is 0 Å². The zero-order valence-electron chi connectivity index (χ0n) is 27.4. The Morgan fingerprint density at radius 1 is 0.439 bits per heavy atom. The second-order valence-electron chi connectivity index (χ2n) is 11.5. The molecule has 2 aromatic carbocycles. The smallest absolute Gasteiger partial charge is 0.0636 e. The topological polar surface area (TPSA) is 24.7 Å². The van der Waals surface area contributed by atoms with Crippen LogP contribution in [0, 0.1) is 0 Å². The van der Waals surface area contributed by atoms with Gasteiger partial charge >= 0.3 is 0 Å². The molecule has 0 spiro atoms. The summed E-state index contributed by atoms with van der Waals surface area (Å²) in [4.78, 5) is 10.6. The number of aliphatic imine (C=N–C) groups is 2. The summed E-state index contributed by atoms with van der Waals surface area (Å²) in [7, 11) is 0. The molecule has 0 aliphatic heterocycles.